The van der Waals surface area contributed by atoms with E-state index < -0.39 is 5.92 Å². The van der Waals surface area contributed by atoms with Gasteiger partial charge in [0, 0.05) is 12.6 Å². The van der Waals surface area contributed by atoms with Crippen LogP contribution < -0.4 is 0 Å². The first-order chi connectivity index (χ1) is 12.7. The number of aromatic nitrogens is 4. The van der Waals surface area contributed by atoms with Crippen molar-refractivity contribution >= 4 is 16.8 Å². The van der Waals surface area contributed by atoms with Crippen molar-refractivity contribution in [3.63, 3.8) is 0 Å². The lowest BCUT2D eigenvalue weighted by molar-refractivity contribution is 0.0976. The molecule has 0 amide bonds. The first-order valence-corrected chi connectivity index (χ1v) is 8.14. The van der Waals surface area contributed by atoms with E-state index >= 15 is 0 Å². The van der Waals surface area contributed by atoms with Crippen molar-refractivity contribution in [2.45, 2.75) is 5.92 Å². The van der Waals surface area contributed by atoms with Crippen LogP contribution in [0.25, 0.3) is 22.3 Å². The molecule has 2 aromatic carbocycles. The van der Waals surface area contributed by atoms with Crippen LogP contribution in [-0.2, 0) is 7.05 Å². The predicted molar refractivity (Wildman–Crippen MR) is 97.4 cm³/mol. The van der Waals surface area contributed by atoms with Crippen LogP contribution in [0.15, 0.2) is 60.8 Å². The molecule has 1 N–H and O–H groups in total. The lowest BCUT2D eigenvalue weighted by atomic mass is 9.96. The number of benzene rings is 2. The van der Waals surface area contributed by atoms with Gasteiger partial charge in [-0.2, -0.15) is 10.4 Å². The third-order valence-electron chi connectivity index (χ3n) is 4.44. The molecule has 0 aliphatic rings. The molecule has 26 heavy (non-hydrogen) atoms. The van der Waals surface area contributed by atoms with Gasteiger partial charge in [-0.25, -0.2) is 4.98 Å². The van der Waals surface area contributed by atoms with E-state index in [9.17, 15) is 10.1 Å². The molecule has 126 valence electrons. The van der Waals surface area contributed by atoms with Crippen LogP contribution in [0.1, 0.15) is 22.1 Å². The van der Waals surface area contributed by atoms with Gasteiger partial charge in [0.25, 0.3) is 0 Å². The number of nitrogens with zero attached hydrogens (tertiary/aromatic N) is 4. The van der Waals surface area contributed by atoms with E-state index in [-0.39, 0.29) is 5.78 Å². The van der Waals surface area contributed by atoms with Gasteiger partial charge in [-0.3, -0.25) is 9.89 Å². The van der Waals surface area contributed by atoms with Crippen molar-refractivity contribution in [1.29, 1.82) is 5.26 Å². The summed E-state index contributed by atoms with van der Waals surface area (Å²) in [4.78, 5) is 17.6. The zero-order valence-electron chi connectivity index (χ0n) is 14.0. The minimum Gasteiger partial charge on any atom is -0.330 e. The molecule has 6 heteroatoms. The Kier molecular flexibility index (Phi) is 3.82. The van der Waals surface area contributed by atoms with Gasteiger partial charge < -0.3 is 4.57 Å². The second kappa shape index (κ2) is 6.30. The van der Waals surface area contributed by atoms with E-state index in [0.29, 0.717) is 17.1 Å². The SMILES string of the molecule is Cn1c([C@@H](C#N)C(=O)c2cn[nH]c2-c2ccccc2)nc2ccccc21. The average Bonchev–Trinajstić information content (AvgIpc) is 3.29. The number of aromatic amines is 1. The zero-order valence-corrected chi connectivity index (χ0v) is 14.0. The van der Waals surface area contributed by atoms with Gasteiger partial charge in [-0.15, -0.1) is 0 Å². The fourth-order valence-corrected chi connectivity index (χ4v) is 3.11. The van der Waals surface area contributed by atoms with Crippen LogP contribution in [0, 0.1) is 11.3 Å². The number of nitriles is 1. The molecule has 0 unspecified atom stereocenters. The number of hydrogen-bond donors (Lipinski definition) is 1. The Bertz CT molecular complexity index is 1130. The molecule has 0 fully saturated rings. The molecule has 4 aromatic rings. The highest BCUT2D eigenvalue weighted by molar-refractivity contribution is 6.06. The van der Waals surface area contributed by atoms with Gasteiger partial charge in [0.05, 0.1) is 34.6 Å². The number of fused-ring (bicyclic) bond motifs is 1. The largest absolute Gasteiger partial charge is 0.330 e. The highest BCUT2D eigenvalue weighted by Gasteiger charge is 2.29. The van der Waals surface area contributed by atoms with E-state index in [1.54, 1.807) is 4.57 Å². The van der Waals surface area contributed by atoms with Gasteiger partial charge in [-0.05, 0) is 12.1 Å². The molecule has 0 spiro atoms. The summed E-state index contributed by atoms with van der Waals surface area (Å²) >= 11 is 0. The van der Waals surface area contributed by atoms with Crippen molar-refractivity contribution in [1.82, 2.24) is 19.7 Å². The molecule has 2 aromatic heterocycles. The van der Waals surface area contributed by atoms with Crippen LogP contribution in [0.3, 0.4) is 0 Å². The number of imidazole rings is 1. The molecule has 2 heterocycles. The summed E-state index contributed by atoms with van der Waals surface area (Å²) < 4.78 is 1.80. The quantitative estimate of drug-likeness (QED) is 0.576. The number of rotatable bonds is 4. The third kappa shape index (κ3) is 2.47. The Balaban J connectivity index is 1.79. The van der Waals surface area contributed by atoms with Crippen LogP contribution in [0.4, 0.5) is 0 Å². The number of carbonyl (C=O) groups excluding carboxylic acids is 1. The fourth-order valence-electron chi connectivity index (χ4n) is 3.11. The number of aryl methyl sites for hydroxylation is 1. The summed E-state index contributed by atoms with van der Waals surface area (Å²) in [6.45, 7) is 0. The molecular weight excluding hydrogens is 326 g/mol. The molecule has 4 rings (SSSR count). The molecule has 0 aliphatic carbocycles. The maximum atomic E-state index is 13.1. The smallest absolute Gasteiger partial charge is 0.191 e. The van der Waals surface area contributed by atoms with Crippen molar-refractivity contribution in [3.05, 3.63) is 72.2 Å². The highest BCUT2D eigenvalue weighted by atomic mass is 16.1. The fraction of sp³-hybridized carbons (Fsp3) is 0.100. The summed E-state index contributed by atoms with van der Waals surface area (Å²) in [6.07, 6.45) is 1.47. The van der Waals surface area contributed by atoms with Gasteiger partial charge in [0.15, 0.2) is 11.7 Å². The Labute approximate surface area is 149 Å². The first-order valence-electron chi connectivity index (χ1n) is 8.14. The standard InChI is InChI=1S/C20H15N5O/c1-25-17-10-6-5-9-16(17)23-20(25)14(11-21)19(26)15-12-22-24-18(15)13-7-3-2-4-8-13/h2-10,12,14H,1H3,(H,22,24)/t14-/m0/s1. The van der Waals surface area contributed by atoms with Crippen LogP contribution in [0.5, 0.6) is 0 Å². The van der Waals surface area contributed by atoms with Crippen LogP contribution in [0.2, 0.25) is 0 Å². The molecule has 1 atom stereocenters. The number of nitrogens with one attached hydrogen (secondary N) is 1. The monoisotopic (exact) mass is 341 g/mol. The lowest BCUT2D eigenvalue weighted by Crippen LogP contribution is -2.16. The van der Waals surface area contributed by atoms with E-state index in [1.165, 1.54) is 6.20 Å². The minimum absolute atomic E-state index is 0.321. The summed E-state index contributed by atoms with van der Waals surface area (Å²) in [5, 5.41) is 16.6. The van der Waals surface area contributed by atoms with E-state index in [1.807, 2.05) is 61.6 Å². The average molecular weight is 341 g/mol. The van der Waals surface area contributed by atoms with Gasteiger partial charge in [0.1, 0.15) is 5.82 Å². The molecule has 0 saturated carbocycles. The number of para-hydroxylation sites is 2. The number of carbonyl (C=O) groups is 1. The molecule has 0 bridgehead atoms. The summed E-state index contributed by atoms with van der Waals surface area (Å²) in [6, 6.07) is 19.1. The molecule has 6 nitrogen and oxygen atoms in total. The van der Waals surface area contributed by atoms with Gasteiger partial charge >= 0.3 is 0 Å². The van der Waals surface area contributed by atoms with Crippen molar-refractivity contribution in [3.8, 4) is 17.3 Å². The van der Waals surface area contributed by atoms with E-state index in [2.05, 4.69) is 21.3 Å². The molecule has 0 radical (unpaired) electrons. The summed E-state index contributed by atoms with van der Waals surface area (Å²) in [5.41, 5.74) is 3.47. The normalized spacial score (nSPS) is 12.0. The Morgan fingerprint density at radius 2 is 1.88 bits per heavy atom. The van der Waals surface area contributed by atoms with E-state index in [0.717, 1.165) is 16.6 Å². The highest BCUT2D eigenvalue weighted by Crippen LogP contribution is 2.28. The summed E-state index contributed by atoms with van der Waals surface area (Å²) in [5.74, 6) is -0.898. The second-order valence-electron chi connectivity index (χ2n) is 5.97. The van der Waals surface area contributed by atoms with Gasteiger partial charge in [0.2, 0.25) is 0 Å². The van der Waals surface area contributed by atoms with Crippen LogP contribution in [-0.4, -0.2) is 25.5 Å². The maximum Gasteiger partial charge on any atom is 0.191 e. The first kappa shape index (κ1) is 15.8. The number of hydrogen-bond acceptors (Lipinski definition) is 4. The van der Waals surface area contributed by atoms with Crippen molar-refractivity contribution < 1.29 is 4.79 Å². The van der Waals surface area contributed by atoms with Crippen molar-refractivity contribution in [2.75, 3.05) is 0 Å². The number of H-pyrrole nitrogens is 1. The number of ketones is 1. The van der Waals surface area contributed by atoms with Crippen LogP contribution >= 0.6 is 0 Å². The second-order valence-corrected chi connectivity index (χ2v) is 5.97. The summed E-state index contributed by atoms with van der Waals surface area (Å²) in [7, 11) is 1.82. The zero-order chi connectivity index (χ0) is 18.1. The van der Waals surface area contributed by atoms with Crippen molar-refractivity contribution in [2.24, 2.45) is 7.05 Å². The Hall–Kier alpha value is -3.72. The predicted octanol–water partition coefficient (Wildman–Crippen LogP) is 3.45. The Morgan fingerprint density at radius 3 is 2.62 bits per heavy atom. The van der Waals surface area contributed by atoms with E-state index in [4.69, 9.17) is 0 Å². The number of Topliss-reactive ketones (excluding diaryl/α,β-unsaturated/α-hetero) is 1. The lowest BCUT2D eigenvalue weighted by Gasteiger charge is -2.09. The Morgan fingerprint density at radius 1 is 1.15 bits per heavy atom. The molecular formula is C20H15N5O. The van der Waals surface area contributed by atoms with Gasteiger partial charge in [-0.1, -0.05) is 42.5 Å². The maximum absolute atomic E-state index is 13.1. The molecule has 0 saturated heterocycles. The molecule has 0 aliphatic heterocycles. The topological polar surface area (TPSA) is 87.4 Å². The third-order valence-corrected chi connectivity index (χ3v) is 4.44. The minimum atomic E-state index is -1.01.